The monoisotopic (exact) mass is 522 g/mol. The molecule has 14 nitrogen and oxygen atoms in total. The number of phenolic OH excluding ortho intramolecular Hbond substituents is 1. The maximum Gasteiger partial charge on any atom is 0.326 e. The number of phenols is 1. The predicted molar refractivity (Wildman–Crippen MR) is 130 cm³/mol. The van der Waals surface area contributed by atoms with Crippen LogP contribution in [0.3, 0.4) is 0 Å². The number of aromatic hydroxyl groups is 1. The highest BCUT2D eigenvalue weighted by Crippen LogP contribution is 2.13. The molecule has 0 aliphatic rings. The lowest BCUT2D eigenvalue weighted by Gasteiger charge is -2.25. The molecule has 0 saturated heterocycles. The van der Waals surface area contributed by atoms with Gasteiger partial charge in [-0.2, -0.15) is 0 Å². The summed E-state index contributed by atoms with van der Waals surface area (Å²) < 4.78 is 0. The Balaban J connectivity index is 3.17. The van der Waals surface area contributed by atoms with E-state index in [1.165, 1.54) is 24.3 Å². The fourth-order valence-electron chi connectivity index (χ4n) is 3.31. The molecule has 0 radical (unpaired) electrons. The number of primary amides is 2. The highest BCUT2D eigenvalue weighted by molar-refractivity contribution is 5.97. The van der Waals surface area contributed by atoms with E-state index < -0.39 is 72.5 Å². The number of carboxylic acids is 1. The Bertz CT molecular complexity index is 997. The van der Waals surface area contributed by atoms with E-state index in [1.807, 2.05) is 0 Å². The fourth-order valence-corrected chi connectivity index (χ4v) is 3.31. The van der Waals surface area contributed by atoms with Gasteiger partial charge in [0, 0.05) is 6.42 Å². The Morgan fingerprint density at radius 3 is 1.76 bits per heavy atom. The van der Waals surface area contributed by atoms with Crippen molar-refractivity contribution < 1.29 is 39.0 Å². The minimum Gasteiger partial charge on any atom is -0.508 e. The number of carbonyl (C=O) groups is 6. The van der Waals surface area contributed by atoms with E-state index in [2.05, 4.69) is 16.0 Å². The number of aliphatic carboxylic acids is 1. The van der Waals surface area contributed by atoms with Gasteiger partial charge in [0.2, 0.25) is 29.5 Å². The molecule has 0 aliphatic carbocycles. The zero-order chi connectivity index (χ0) is 28.3. The number of carboxylic acid groups (broad SMARTS) is 1. The van der Waals surface area contributed by atoms with Gasteiger partial charge in [0.1, 0.15) is 23.9 Å². The maximum atomic E-state index is 13.1. The van der Waals surface area contributed by atoms with Gasteiger partial charge in [-0.3, -0.25) is 24.0 Å². The van der Waals surface area contributed by atoms with E-state index in [0.29, 0.717) is 5.56 Å². The Morgan fingerprint density at radius 1 is 0.784 bits per heavy atom. The van der Waals surface area contributed by atoms with Crippen molar-refractivity contribution in [1.29, 1.82) is 0 Å². The summed E-state index contributed by atoms with van der Waals surface area (Å²) >= 11 is 0. The first-order valence-corrected chi connectivity index (χ1v) is 11.4. The third-order valence-electron chi connectivity index (χ3n) is 5.13. The summed E-state index contributed by atoms with van der Waals surface area (Å²) in [5, 5.41) is 26.0. The maximum absolute atomic E-state index is 13.1. The van der Waals surface area contributed by atoms with Crippen LogP contribution in [0, 0.1) is 5.92 Å². The number of nitrogens with one attached hydrogen (secondary N) is 3. The molecule has 11 N–H and O–H groups in total. The van der Waals surface area contributed by atoms with Crippen molar-refractivity contribution in [3.63, 3.8) is 0 Å². The minimum atomic E-state index is -1.55. The molecule has 1 rings (SSSR count). The summed E-state index contributed by atoms with van der Waals surface area (Å²) in [5.74, 6) is -5.94. The molecule has 0 aliphatic heterocycles. The molecule has 5 amide bonds. The smallest absolute Gasteiger partial charge is 0.326 e. The highest BCUT2D eigenvalue weighted by atomic mass is 16.4. The van der Waals surface area contributed by atoms with Crippen molar-refractivity contribution in [2.24, 2.45) is 23.1 Å². The first-order valence-electron chi connectivity index (χ1n) is 11.4. The van der Waals surface area contributed by atoms with E-state index in [0.717, 1.165) is 0 Å². The van der Waals surface area contributed by atoms with Gasteiger partial charge in [-0.05, 0) is 30.0 Å². The first kappa shape index (κ1) is 30.8. The van der Waals surface area contributed by atoms with Gasteiger partial charge in [-0.25, -0.2) is 4.79 Å². The Morgan fingerprint density at radius 2 is 1.27 bits per heavy atom. The van der Waals surface area contributed by atoms with Crippen LogP contribution in [0.25, 0.3) is 0 Å². The largest absolute Gasteiger partial charge is 0.508 e. The molecule has 0 spiro atoms. The lowest BCUT2D eigenvalue weighted by atomic mass is 10.0. The van der Waals surface area contributed by atoms with E-state index >= 15 is 0 Å². The van der Waals surface area contributed by atoms with Crippen molar-refractivity contribution >= 4 is 35.5 Å². The van der Waals surface area contributed by atoms with Crippen LogP contribution in [-0.4, -0.2) is 69.9 Å². The normalized spacial score (nSPS) is 14.1. The number of carbonyl (C=O) groups excluding carboxylic acids is 5. The van der Waals surface area contributed by atoms with Crippen molar-refractivity contribution in [2.75, 3.05) is 0 Å². The number of nitrogens with two attached hydrogens (primary N) is 3. The topological polar surface area (TPSA) is 257 Å². The van der Waals surface area contributed by atoms with Gasteiger partial charge in [-0.1, -0.05) is 26.0 Å². The van der Waals surface area contributed by atoms with E-state index in [4.69, 9.17) is 17.2 Å². The second-order valence-electron chi connectivity index (χ2n) is 8.97. The van der Waals surface area contributed by atoms with Crippen LogP contribution in [0.4, 0.5) is 0 Å². The molecule has 1 aromatic carbocycles. The third kappa shape index (κ3) is 11.4. The van der Waals surface area contributed by atoms with Crippen LogP contribution in [-0.2, 0) is 35.2 Å². The van der Waals surface area contributed by atoms with Crippen molar-refractivity contribution in [3.05, 3.63) is 29.8 Å². The van der Waals surface area contributed by atoms with Crippen molar-refractivity contribution in [2.45, 2.75) is 63.7 Å². The van der Waals surface area contributed by atoms with Gasteiger partial charge in [0.05, 0.1) is 18.9 Å². The zero-order valence-corrected chi connectivity index (χ0v) is 20.6. The molecule has 37 heavy (non-hydrogen) atoms. The quantitative estimate of drug-likeness (QED) is 0.122. The van der Waals surface area contributed by atoms with E-state index in [-0.39, 0.29) is 24.5 Å². The second kappa shape index (κ2) is 14.4. The molecule has 0 fully saturated rings. The Hall–Kier alpha value is -4.20. The number of hydrogen-bond acceptors (Lipinski definition) is 8. The highest BCUT2D eigenvalue weighted by Gasteiger charge is 2.31. The van der Waals surface area contributed by atoms with Gasteiger partial charge in [-0.15, -0.1) is 0 Å². The molecular formula is C23H34N6O8. The second-order valence-corrected chi connectivity index (χ2v) is 8.97. The molecule has 0 heterocycles. The van der Waals surface area contributed by atoms with Crippen LogP contribution >= 0.6 is 0 Å². The SMILES string of the molecule is CC(C)CC(NC(=O)C(Cc1ccc(O)cc1)NC(=O)C(CC(N)=O)NC(=O)C(N)CC(N)=O)C(=O)O. The molecule has 0 bridgehead atoms. The first-order chi connectivity index (χ1) is 17.2. The van der Waals surface area contributed by atoms with Gasteiger partial charge >= 0.3 is 5.97 Å². The van der Waals surface area contributed by atoms with E-state index in [1.54, 1.807) is 13.8 Å². The molecular weight excluding hydrogens is 488 g/mol. The molecule has 204 valence electrons. The lowest BCUT2D eigenvalue weighted by molar-refractivity contribution is -0.143. The van der Waals surface area contributed by atoms with Crippen LogP contribution in [0.15, 0.2) is 24.3 Å². The van der Waals surface area contributed by atoms with Crippen LogP contribution in [0.1, 0.15) is 38.7 Å². The summed E-state index contributed by atoms with van der Waals surface area (Å²) in [6.45, 7) is 3.55. The predicted octanol–water partition coefficient (Wildman–Crippen LogP) is -2.40. The third-order valence-corrected chi connectivity index (χ3v) is 5.13. The van der Waals surface area contributed by atoms with E-state index in [9.17, 15) is 39.0 Å². The van der Waals surface area contributed by atoms with Crippen LogP contribution in [0.5, 0.6) is 5.75 Å². The van der Waals surface area contributed by atoms with Gasteiger partial charge < -0.3 is 43.4 Å². The number of benzene rings is 1. The minimum absolute atomic E-state index is 0.0341. The summed E-state index contributed by atoms with van der Waals surface area (Å²) in [5.41, 5.74) is 16.3. The van der Waals surface area contributed by atoms with Crippen molar-refractivity contribution in [3.8, 4) is 5.75 Å². The fraction of sp³-hybridized carbons (Fsp3) is 0.478. The average Bonchev–Trinajstić information content (AvgIpc) is 2.77. The Labute approximate surface area is 213 Å². The van der Waals surface area contributed by atoms with Gasteiger partial charge in [0.25, 0.3) is 0 Å². The van der Waals surface area contributed by atoms with Crippen LogP contribution in [0.2, 0.25) is 0 Å². The number of amides is 5. The molecule has 4 unspecified atom stereocenters. The van der Waals surface area contributed by atoms with Crippen LogP contribution < -0.4 is 33.2 Å². The average molecular weight is 523 g/mol. The number of rotatable bonds is 15. The summed E-state index contributed by atoms with van der Waals surface area (Å²) in [7, 11) is 0. The molecule has 0 aromatic heterocycles. The van der Waals surface area contributed by atoms with Gasteiger partial charge in [0.15, 0.2) is 0 Å². The summed E-state index contributed by atoms with van der Waals surface area (Å²) in [6, 6.07) is 0.195. The summed E-state index contributed by atoms with van der Waals surface area (Å²) in [4.78, 5) is 72.6. The standard InChI is InChI=1S/C23H34N6O8/c1-11(2)7-17(23(36)37)29-21(34)15(8-12-3-5-13(30)6-4-12)28-22(35)16(10-19(26)32)27-20(33)14(24)9-18(25)31/h3-6,11,14-17,30H,7-10,24H2,1-2H3,(H2,25,31)(H2,26,32)(H,27,33)(H,28,35)(H,29,34)(H,36,37). The Kier molecular flexibility index (Phi) is 12.0. The molecule has 0 saturated carbocycles. The molecule has 14 heteroatoms. The van der Waals surface area contributed by atoms with Crippen molar-refractivity contribution in [1.82, 2.24) is 16.0 Å². The zero-order valence-electron chi connectivity index (χ0n) is 20.6. The summed E-state index contributed by atoms with van der Waals surface area (Å²) in [6.07, 6.45) is -1.17. The molecule has 1 aromatic rings. The number of hydrogen-bond donors (Lipinski definition) is 8. The molecule has 4 atom stereocenters. The lowest BCUT2D eigenvalue weighted by Crippen LogP contribution is -2.58.